The molecular weight excluding hydrogens is 294 g/mol. The Bertz CT molecular complexity index is 845. The van der Waals surface area contributed by atoms with Crippen molar-refractivity contribution in [3.8, 4) is 0 Å². The van der Waals surface area contributed by atoms with Crippen molar-refractivity contribution in [1.29, 1.82) is 0 Å². The largest absolute Gasteiger partial charge is 1.00 e. The van der Waals surface area contributed by atoms with Crippen LogP contribution in [0.2, 0.25) is 0 Å². The van der Waals surface area contributed by atoms with Gasteiger partial charge in [0.25, 0.3) is 0 Å². The van der Waals surface area contributed by atoms with Gasteiger partial charge >= 0.3 is 0 Å². The van der Waals surface area contributed by atoms with Crippen molar-refractivity contribution in [2.45, 2.75) is 13.3 Å². The summed E-state index contributed by atoms with van der Waals surface area (Å²) in [6.07, 6.45) is 0.951. The second-order valence-electron chi connectivity index (χ2n) is 5.59. The molecule has 2 N–H and O–H groups in total. The molecule has 0 amide bonds. The third-order valence-electron chi connectivity index (χ3n) is 4.17. The molecule has 0 bridgehead atoms. The topological polar surface area (TPSA) is 42.2 Å². The molecular formula is C18H17ClN3-. The molecule has 0 fully saturated rings. The molecule has 112 valence electrons. The van der Waals surface area contributed by atoms with E-state index in [9.17, 15) is 0 Å². The molecule has 0 radical (unpaired) electrons. The van der Waals surface area contributed by atoms with Crippen molar-refractivity contribution in [3.05, 3.63) is 59.7 Å². The number of benzene rings is 2. The first kappa shape index (κ1) is 14.7. The van der Waals surface area contributed by atoms with Gasteiger partial charge in [0, 0.05) is 28.9 Å². The van der Waals surface area contributed by atoms with E-state index in [-0.39, 0.29) is 12.4 Å². The highest BCUT2D eigenvalue weighted by Gasteiger charge is 2.25. The lowest BCUT2D eigenvalue weighted by Crippen LogP contribution is -3.00. The van der Waals surface area contributed by atoms with Crippen LogP contribution in [0.25, 0.3) is 10.9 Å². The first-order chi connectivity index (χ1) is 10.2. The number of anilines is 3. The van der Waals surface area contributed by atoms with Gasteiger partial charge in [0.05, 0.1) is 5.52 Å². The number of halogens is 1. The number of fused-ring (bicyclic) bond motifs is 2. The predicted molar refractivity (Wildman–Crippen MR) is 88.0 cm³/mol. The van der Waals surface area contributed by atoms with Crippen LogP contribution in [-0.2, 0) is 6.42 Å². The van der Waals surface area contributed by atoms with Crippen molar-refractivity contribution in [2.24, 2.45) is 0 Å². The average Bonchev–Trinajstić information content (AvgIpc) is 2.92. The maximum Gasteiger partial charge on any atom is 0.139 e. The zero-order valence-corrected chi connectivity index (χ0v) is 13.1. The summed E-state index contributed by atoms with van der Waals surface area (Å²) >= 11 is 0. The molecule has 3 aromatic rings. The zero-order chi connectivity index (χ0) is 14.4. The van der Waals surface area contributed by atoms with Gasteiger partial charge in [0.15, 0.2) is 0 Å². The van der Waals surface area contributed by atoms with Crippen LogP contribution in [0.1, 0.15) is 11.1 Å². The number of nitrogens with two attached hydrogens (primary N) is 1. The third-order valence-corrected chi connectivity index (χ3v) is 4.17. The molecule has 0 atom stereocenters. The zero-order valence-electron chi connectivity index (χ0n) is 12.4. The van der Waals surface area contributed by atoms with Gasteiger partial charge in [-0.2, -0.15) is 0 Å². The van der Waals surface area contributed by atoms with Gasteiger partial charge in [-0.15, -0.1) is 0 Å². The number of rotatable bonds is 1. The van der Waals surface area contributed by atoms with E-state index in [1.54, 1.807) is 0 Å². The summed E-state index contributed by atoms with van der Waals surface area (Å²) < 4.78 is 0. The van der Waals surface area contributed by atoms with E-state index in [4.69, 9.17) is 10.7 Å². The Kier molecular flexibility index (Phi) is 3.67. The molecule has 4 heteroatoms. The van der Waals surface area contributed by atoms with E-state index in [1.807, 2.05) is 24.3 Å². The van der Waals surface area contributed by atoms with Gasteiger partial charge in [0.1, 0.15) is 5.82 Å². The second kappa shape index (κ2) is 5.50. The summed E-state index contributed by atoms with van der Waals surface area (Å²) in [6.45, 7) is 3.05. The molecule has 1 aromatic heterocycles. The lowest BCUT2D eigenvalue weighted by atomic mass is 10.1. The molecule has 0 saturated heterocycles. The number of hydrogen-bond donors (Lipinski definition) is 1. The first-order valence-electron chi connectivity index (χ1n) is 7.25. The Morgan fingerprint density at radius 2 is 1.91 bits per heavy atom. The Hall–Kier alpha value is -2.26. The summed E-state index contributed by atoms with van der Waals surface area (Å²) in [5, 5.41) is 1.06. The number of pyridine rings is 1. The molecule has 1 aliphatic heterocycles. The van der Waals surface area contributed by atoms with Gasteiger partial charge < -0.3 is 23.0 Å². The molecule has 4 rings (SSSR count). The smallest absolute Gasteiger partial charge is 0.139 e. The molecule has 0 unspecified atom stereocenters. The number of aryl methyl sites for hydroxylation is 1. The van der Waals surface area contributed by atoms with Crippen LogP contribution in [0.5, 0.6) is 0 Å². The number of hydrogen-bond acceptors (Lipinski definition) is 3. The van der Waals surface area contributed by atoms with Crippen molar-refractivity contribution in [3.63, 3.8) is 0 Å². The number of aromatic nitrogens is 1. The maximum absolute atomic E-state index is 6.37. The minimum Gasteiger partial charge on any atom is -1.00 e. The number of nitrogens with zero attached hydrogens (tertiary/aromatic N) is 2. The van der Waals surface area contributed by atoms with Gasteiger partial charge in [-0.3, -0.25) is 0 Å². The summed E-state index contributed by atoms with van der Waals surface area (Å²) in [5.41, 5.74) is 11.8. The molecule has 2 heterocycles. The van der Waals surface area contributed by atoms with E-state index in [0.29, 0.717) is 0 Å². The highest BCUT2D eigenvalue weighted by atomic mass is 35.5. The Labute approximate surface area is 136 Å². The number of para-hydroxylation sites is 1. The molecule has 2 aromatic carbocycles. The minimum atomic E-state index is 0. The van der Waals surface area contributed by atoms with Gasteiger partial charge in [-0.25, -0.2) is 4.98 Å². The molecule has 1 aliphatic rings. The fourth-order valence-corrected chi connectivity index (χ4v) is 3.11. The monoisotopic (exact) mass is 310 g/mol. The van der Waals surface area contributed by atoms with Gasteiger partial charge in [0.2, 0.25) is 0 Å². The van der Waals surface area contributed by atoms with Crippen molar-refractivity contribution in [2.75, 3.05) is 17.2 Å². The fourth-order valence-electron chi connectivity index (χ4n) is 3.11. The van der Waals surface area contributed by atoms with Crippen molar-refractivity contribution >= 4 is 28.1 Å². The lowest BCUT2D eigenvalue weighted by molar-refractivity contribution is -0.00000424. The summed E-state index contributed by atoms with van der Waals surface area (Å²) in [7, 11) is 0. The Morgan fingerprint density at radius 1 is 1.09 bits per heavy atom. The third kappa shape index (κ3) is 2.18. The van der Waals surface area contributed by atoms with E-state index in [0.717, 1.165) is 35.4 Å². The van der Waals surface area contributed by atoms with Crippen LogP contribution in [0, 0.1) is 6.92 Å². The molecule has 0 saturated carbocycles. The van der Waals surface area contributed by atoms with Crippen LogP contribution in [0.3, 0.4) is 0 Å². The number of nitrogen functional groups attached to an aromatic ring is 1. The van der Waals surface area contributed by atoms with Crippen LogP contribution >= 0.6 is 0 Å². The predicted octanol–water partition coefficient (Wildman–Crippen LogP) is 0.824. The molecule has 3 nitrogen and oxygen atoms in total. The van der Waals surface area contributed by atoms with E-state index in [2.05, 4.69) is 36.1 Å². The van der Waals surface area contributed by atoms with Gasteiger partial charge in [-0.1, -0.05) is 30.3 Å². The highest BCUT2D eigenvalue weighted by Crippen LogP contribution is 2.39. The Morgan fingerprint density at radius 3 is 2.73 bits per heavy atom. The van der Waals surface area contributed by atoms with Crippen LogP contribution in [0.15, 0.2) is 48.5 Å². The lowest BCUT2D eigenvalue weighted by Gasteiger charge is -2.19. The summed E-state index contributed by atoms with van der Waals surface area (Å²) in [5.74, 6) is 1.01. The SMILES string of the molecule is Cc1cccc(N2CCc3c2nc2ccccc2c3N)c1.[Cl-]. The molecule has 0 spiro atoms. The molecule has 22 heavy (non-hydrogen) atoms. The van der Waals surface area contributed by atoms with E-state index < -0.39 is 0 Å². The summed E-state index contributed by atoms with van der Waals surface area (Å²) in [6, 6.07) is 16.6. The van der Waals surface area contributed by atoms with Crippen molar-refractivity contribution < 1.29 is 12.4 Å². The average molecular weight is 311 g/mol. The maximum atomic E-state index is 6.37. The van der Waals surface area contributed by atoms with Crippen LogP contribution in [-0.4, -0.2) is 11.5 Å². The fraction of sp³-hybridized carbons (Fsp3) is 0.167. The molecule has 0 aliphatic carbocycles. The second-order valence-corrected chi connectivity index (χ2v) is 5.59. The normalized spacial score (nSPS) is 13.0. The Balaban J connectivity index is 0.00000144. The first-order valence-corrected chi connectivity index (χ1v) is 7.25. The minimum absolute atomic E-state index is 0. The van der Waals surface area contributed by atoms with Crippen LogP contribution < -0.4 is 23.0 Å². The van der Waals surface area contributed by atoms with Crippen LogP contribution in [0.4, 0.5) is 17.2 Å². The quantitative estimate of drug-likeness (QED) is 0.724. The van der Waals surface area contributed by atoms with E-state index in [1.165, 1.54) is 16.8 Å². The standard InChI is InChI=1S/C18H17N3.ClH/c1-12-5-4-6-13(11-12)21-10-9-15-17(19)14-7-2-3-8-16(14)20-18(15)21;/h2-8,11H,9-10H2,1H3,(H2,19,20);1H/p-1. The van der Waals surface area contributed by atoms with E-state index >= 15 is 0 Å². The summed E-state index contributed by atoms with van der Waals surface area (Å²) in [4.78, 5) is 7.12. The highest BCUT2D eigenvalue weighted by molar-refractivity contribution is 5.95. The van der Waals surface area contributed by atoms with Crippen molar-refractivity contribution in [1.82, 2.24) is 4.98 Å². The van der Waals surface area contributed by atoms with Gasteiger partial charge in [-0.05, 0) is 37.1 Å².